The Morgan fingerprint density at radius 2 is 1.32 bits per heavy atom. The number of aromatic hydroxyl groups is 1. The summed E-state index contributed by atoms with van der Waals surface area (Å²) in [5.41, 5.74) is 5.66. The molecule has 0 fully saturated rings. The largest absolute Gasteiger partial charge is 0.504 e. The molecule has 0 atom stereocenters. The SMILES string of the molecule is COc1ccc(-n2c(-c3ccc(O)c(OC)c3)nc(-c3ccccc3)c2-c2ccccc2)cc1. The van der Waals surface area contributed by atoms with Gasteiger partial charge in [-0.1, -0.05) is 60.7 Å². The highest BCUT2D eigenvalue weighted by Gasteiger charge is 2.23. The normalized spacial score (nSPS) is 10.8. The van der Waals surface area contributed by atoms with Crippen LogP contribution in [0.5, 0.6) is 17.2 Å². The van der Waals surface area contributed by atoms with Gasteiger partial charge in [0.2, 0.25) is 0 Å². The average molecular weight is 449 g/mol. The standard InChI is InChI=1S/C29H24N2O3/c1-33-24-16-14-23(15-17-24)31-28(21-11-7-4-8-12-21)27(20-9-5-3-6-10-20)30-29(31)22-13-18-25(32)26(19-22)34-2/h3-19,32H,1-2H3. The Kier molecular flexibility index (Phi) is 5.75. The highest BCUT2D eigenvalue weighted by Crippen LogP contribution is 2.40. The summed E-state index contributed by atoms with van der Waals surface area (Å²) < 4.78 is 12.9. The molecule has 0 unspecified atom stereocenters. The lowest BCUT2D eigenvalue weighted by molar-refractivity contribution is 0.373. The van der Waals surface area contributed by atoms with Gasteiger partial charge in [-0.25, -0.2) is 4.98 Å². The minimum atomic E-state index is 0.0837. The summed E-state index contributed by atoms with van der Waals surface area (Å²) in [5, 5.41) is 10.2. The van der Waals surface area contributed by atoms with E-state index in [4.69, 9.17) is 14.5 Å². The van der Waals surface area contributed by atoms with Crippen LogP contribution in [0.4, 0.5) is 0 Å². The van der Waals surface area contributed by atoms with Crippen LogP contribution in [0.15, 0.2) is 103 Å². The van der Waals surface area contributed by atoms with E-state index in [0.717, 1.165) is 45.3 Å². The zero-order valence-electron chi connectivity index (χ0n) is 19.0. The third-order valence-corrected chi connectivity index (χ3v) is 5.74. The van der Waals surface area contributed by atoms with Crippen molar-refractivity contribution in [2.75, 3.05) is 14.2 Å². The van der Waals surface area contributed by atoms with Gasteiger partial charge in [0.15, 0.2) is 11.5 Å². The summed E-state index contributed by atoms with van der Waals surface area (Å²) in [4.78, 5) is 5.15. The molecular formula is C29H24N2O3. The van der Waals surface area contributed by atoms with Gasteiger partial charge in [0.1, 0.15) is 11.6 Å². The number of benzene rings is 4. The van der Waals surface area contributed by atoms with Crippen LogP contribution in [0.3, 0.4) is 0 Å². The Labute approximate surface area is 198 Å². The average Bonchev–Trinajstić information content (AvgIpc) is 3.31. The van der Waals surface area contributed by atoms with Crippen LogP contribution >= 0.6 is 0 Å². The lowest BCUT2D eigenvalue weighted by Crippen LogP contribution is -2.01. The van der Waals surface area contributed by atoms with Crippen molar-refractivity contribution in [2.45, 2.75) is 0 Å². The molecule has 0 amide bonds. The van der Waals surface area contributed by atoms with Gasteiger partial charge < -0.3 is 14.6 Å². The first-order valence-electron chi connectivity index (χ1n) is 10.9. The minimum absolute atomic E-state index is 0.0837. The smallest absolute Gasteiger partial charge is 0.161 e. The van der Waals surface area contributed by atoms with E-state index in [0.29, 0.717) is 5.75 Å². The molecule has 4 aromatic carbocycles. The minimum Gasteiger partial charge on any atom is -0.504 e. The summed E-state index contributed by atoms with van der Waals surface area (Å²) in [6, 6.07) is 33.6. The van der Waals surface area contributed by atoms with Gasteiger partial charge in [-0.05, 0) is 42.5 Å². The Morgan fingerprint density at radius 1 is 0.676 bits per heavy atom. The van der Waals surface area contributed by atoms with Gasteiger partial charge in [0.25, 0.3) is 0 Å². The maximum atomic E-state index is 10.2. The molecule has 1 N–H and O–H groups in total. The first-order valence-corrected chi connectivity index (χ1v) is 10.9. The molecule has 5 heteroatoms. The molecule has 5 nitrogen and oxygen atoms in total. The molecule has 34 heavy (non-hydrogen) atoms. The summed E-state index contributed by atoms with van der Waals surface area (Å²) in [5.74, 6) is 1.99. The van der Waals surface area contributed by atoms with Crippen molar-refractivity contribution in [3.8, 4) is 56.8 Å². The van der Waals surface area contributed by atoms with E-state index in [1.807, 2.05) is 66.7 Å². The van der Waals surface area contributed by atoms with Gasteiger partial charge in [0, 0.05) is 22.4 Å². The highest BCUT2D eigenvalue weighted by atomic mass is 16.5. The van der Waals surface area contributed by atoms with Gasteiger partial charge in [-0.2, -0.15) is 0 Å². The molecule has 0 aliphatic rings. The molecule has 168 valence electrons. The van der Waals surface area contributed by atoms with Crippen molar-refractivity contribution in [2.24, 2.45) is 0 Å². The molecule has 1 aromatic heterocycles. The molecule has 5 rings (SSSR count). The zero-order chi connectivity index (χ0) is 23.5. The zero-order valence-corrected chi connectivity index (χ0v) is 19.0. The van der Waals surface area contributed by atoms with Crippen LogP contribution in [0.2, 0.25) is 0 Å². The fraction of sp³-hybridized carbons (Fsp3) is 0.0690. The van der Waals surface area contributed by atoms with E-state index in [9.17, 15) is 5.11 Å². The van der Waals surface area contributed by atoms with Crippen LogP contribution in [0.25, 0.3) is 39.6 Å². The number of methoxy groups -OCH3 is 2. The van der Waals surface area contributed by atoms with Crippen molar-refractivity contribution in [1.82, 2.24) is 9.55 Å². The second-order valence-electron chi connectivity index (χ2n) is 7.78. The van der Waals surface area contributed by atoms with Crippen LogP contribution in [0, 0.1) is 0 Å². The van der Waals surface area contributed by atoms with Gasteiger partial charge in [-0.15, -0.1) is 0 Å². The van der Waals surface area contributed by atoms with E-state index in [2.05, 4.69) is 28.8 Å². The Balaban J connectivity index is 1.86. The van der Waals surface area contributed by atoms with Crippen molar-refractivity contribution >= 4 is 0 Å². The van der Waals surface area contributed by atoms with E-state index in [1.54, 1.807) is 26.4 Å². The number of rotatable bonds is 6. The number of aromatic nitrogens is 2. The second-order valence-corrected chi connectivity index (χ2v) is 7.78. The van der Waals surface area contributed by atoms with Crippen LogP contribution in [-0.2, 0) is 0 Å². The van der Waals surface area contributed by atoms with Gasteiger partial charge in [0.05, 0.1) is 25.6 Å². The lowest BCUT2D eigenvalue weighted by Gasteiger charge is -2.15. The molecule has 5 aromatic rings. The summed E-state index contributed by atoms with van der Waals surface area (Å²) in [7, 11) is 3.20. The van der Waals surface area contributed by atoms with Crippen molar-refractivity contribution in [1.29, 1.82) is 0 Å². The van der Waals surface area contributed by atoms with Crippen molar-refractivity contribution in [3.63, 3.8) is 0 Å². The number of nitrogens with zero attached hydrogens (tertiary/aromatic N) is 2. The molecule has 0 bridgehead atoms. The van der Waals surface area contributed by atoms with E-state index in [-0.39, 0.29) is 5.75 Å². The number of phenols is 1. The number of phenolic OH excluding ortho intramolecular Hbond substituents is 1. The van der Waals surface area contributed by atoms with Crippen LogP contribution in [-0.4, -0.2) is 28.9 Å². The quantitative estimate of drug-likeness (QED) is 0.318. The molecule has 0 radical (unpaired) electrons. The Hall–Kier alpha value is -4.51. The van der Waals surface area contributed by atoms with E-state index < -0.39 is 0 Å². The summed E-state index contributed by atoms with van der Waals surface area (Å²) in [6.45, 7) is 0. The first kappa shape index (κ1) is 21.3. The lowest BCUT2D eigenvalue weighted by atomic mass is 10.0. The van der Waals surface area contributed by atoms with Crippen LogP contribution < -0.4 is 9.47 Å². The second kappa shape index (κ2) is 9.16. The highest BCUT2D eigenvalue weighted by molar-refractivity contribution is 5.84. The fourth-order valence-electron chi connectivity index (χ4n) is 4.07. The van der Waals surface area contributed by atoms with Crippen LogP contribution in [0.1, 0.15) is 0 Å². The van der Waals surface area contributed by atoms with Crippen molar-refractivity contribution in [3.05, 3.63) is 103 Å². The Bertz CT molecular complexity index is 1410. The van der Waals surface area contributed by atoms with Crippen molar-refractivity contribution < 1.29 is 14.6 Å². The maximum absolute atomic E-state index is 10.2. The number of ether oxygens (including phenoxy) is 2. The fourth-order valence-corrected chi connectivity index (χ4v) is 4.07. The molecule has 0 saturated heterocycles. The maximum Gasteiger partial charge on any atom is 0.161 e. The monoisotopic (exact) mass is 448 g/mol. The molecular weight excluding hydrogens is 424 g/mol. The third-order valence-electron chi connectivity index (χ3n) is 5.74. The molecule has 0 saturated carbocycles. The Morgan fingerprint density at radius 3 is 1.94 bits per heavy atom. The number of hydrogen-bond donors (Lipinski definition) is 1. The number of hydrogen-bond acceptors (Lipinski definition) is 4. The predicted octanol–water partition coefficient (Wildman–Crippen LogP) is 6.60. The molecule has 0 spiro atoms. The van der Waals surface area contributed by atoms with Gasteiger partial charge >= 0.3 is 0 Å². The van der Waals surface area contributed by atoms with E-state index >= 15 is 0 Å². The molecule has 1 heterocycles. The topological polar surface area (TPSA) is 56.5 Å². The molecule has 0 aliphatic carbocycles. The summed E-state index contributed by atoms with van der Waals surface area (Å²) >= 11 is 0. The molecule has 0 aliphatic heterocycles. The first-order chi connectivity index (χ1) is 16.7. The van der Waals surface area contributed by atoms with Gasteiger partial charge in [-0.3, -0.25) is 4.57 Å². The third kappa shape index (κ3) is 3.88. The predicted molar refractivity (Wildman–Crippen MR) is 135 cm³/mol. The van der Waals surface area contributed by atoms with E-state index in [1.165, 1.54) is 0 Å². The number of imidazole rings is 1. The summed E-state index contributed by atoms with van der Waals surface area (Å²) in [6.07, 6.45) is 0.